The summed E-state index contributed by atoms with van der Waals surface area (Å²) in [6, 6.07) is 2.17. The largest absolute Gasteiger partial charge is 0.137 e. The molecule has 0 radical (unpaired) electrons. The van der Waals surface area contributed by atoms with E-state index in [1.54, 1.807) is 11.3 Å². The highest BCUT2D eigenvalue weighted by molar-refractivity contribution is 9.11. The topological polar surface area (TPSA) is 0 Å². The van der Waals surface area contributed by atoms with E-state index < -0.39 is 0 Å². The van der Waals surface area contributed by atoms with Gasteiger partial charge in [-0.1, -0.05) is 13.8 Å². The smallest absolute Gasteiger partial charge is 0.0732 e. The third-order valence-electron chi connectivity index (χ3n) is 1.27. The first-order valence-electron chi connectivity index (χ1n) is 2.94. The molecule has 1 heterocycles. The van der Waals surface area contributed by atoms with E-state index >= 15 is 0 Å². The highest BCUT2D eigenvalue weighted by Crippen LogP contribution is 2.29. The predicted molar refractivity (Wildman–Crippen MR) is 46.1 cm³/mol. The van der Waals surface area contributed by atoms with Crippen LogP contribution in [0.3, 0.4) is 0 Å². The van der Waals surface area contributed by atoms with Crippen molar-refractivity contribution in [2.45, 2.75) is 19.8 Å². The summed E-state index contributed by atoms with van der Waals surface area (Å²) >= 11 is 5.23. The molecular weight excluding hydrogens is 196 g/mol. The molecule has 0 aliphatic carbocycles. The first-order valence-corrected chi connectivity index (χ1v) is 4.62. The number of hydrogen-bond acceptors (Lipinski definition) is 1. The van der Waals surface area contributed by atoms with Crippen LogP contribution in [0.2, 0.25) is 0 Å². The quantitative estimate of drug-likeness (QED) is 0.656. The van der Waals surface area contributed by atoms with Gasteiger partial charge in [-0.2, -0.15) is 0 Å². The molecule has 0 saturated heterocycles. The Hall–Kier alpha value is 0.180. The van der Waals surface area contributed by atoms with Crippen molar-refractivity contribution < 1.29 is 0 Å². The normalized spacial score (nSPS) is 10.7. The summed E-state index contributed by atoms with van der Waals surface area (Å²) in [6.45, 7) is 4.40. The van der Waals surface area contributed by atoms with Crippen LogP contribution in [0, 0.1) is 0 Å². The molecule has 0 unspecified atom stereocenters. The molecule has 9 heavy (non-hydrogen) atoms. The summed E-state index contributed by atoms with van der Waals surface area (Å²) < 4.78 is 1.28. The van der Waals surface area contributed by atoms with E-state index in [1.165, 1.54) is 9.35 Å². The van der Waals surface area contributed by atoms with Crippen LogP contribution in [0.4, 0.5) is 0 Å². The van der Waals surface area contributed by atoms with E-state index in [9.17, 15) is 0 Å². The van der Waals surface area contributed by atoms with Crippen LogP contribution in [0.5, 0.6) is 0 Å². The highest BCUT2D eigenvalue weighted by Gasteiger charge is 2.03. The van der Waals surface area contributed by atoms with Gasteiger partial charge >= 0.3 is 0 Å². The SMILES string of the molecule is CC(C)c1ccsc1Br. The number of thiophene rings is 1. The fourth-order valence-electron chi connectivity index (χ4n) is 0.720. The summed E-state index contributed by atoms with van der Waals surface area (Å²) in [5.74, 6) is 0.644. The summed E-state index contributed by atoms with van der Waals surface area (Å²) in [6.07, 6.45) is 0. The average molecular weight is 205 g/mol. The van der Waals surface area contributed by atoms with E-state index in [0.717, 1.165) is 0 Å². The van der Waals surface area contributed by atoms with Gasteiger partial charge in [-0.25, -0.2) is 0 Å². The summed E-state index contributed by atoms with van der Waals surface area (Å²) in [7, 11) is 0. The van der Waals surface area contributed by atoms with E-state index in [1.807, 2.05) is 0 Å². The van der Waals surface area contributed by atoms with E-state index in [-0.39, 0.29) is 0 Å². The molecule has 1 aromatic heterocycles. The molecule has 50 valence electrons. The van der Waals surface area contributed by atoms with Gasteiger partial charge in [0.25, 0.3) is 0 Å². The van der Waals surface area contributed by atoms with Crippen molar-refractivity contribution in [2.75, 3.05) is 0 Å². The van der Waals surface area contributed by atoms with Crippen molar-refractivity contribution in [1.29, 1.82) is 0 Å². The number of rotatable bonds is 1. The van der Waals surface area contributed by atoms with Gasteiger partial charge < -0.3 is 0 Å². The van der Waals surface area contributed by atoms with Crippen molar-refractivity contribution in [3.05, 3.63) is 20.8 Å². The Kier molecular flexibility index (Phi) is 2.30. The monoisotopic (exact) mass is 204 g/mol. The maximum atomic E-state index is 3.49. The molecule has 0 aliphatic heterocycles. The summed E-state index contributed by atoms with van der Waals surface area (Å²) in [5, 5.41) is 2.11. The van der Waals surface area contributed by atoms with Crippen molar-refractivity contribution in [3.8, 4) is 0 Å². The molecule has 1 aromatic rings. The molecular formula is C7H9BrS. The van der Waals surface area contributed by atoms with E-state index in [2.05, 4.69) is 41.2 Å². The van der Waals surface area contributed by atoms with Gasteiger partial charge in [-0.05, 0) is 38.9 Å². The lowest BCUT2D eigenvalue weighted by Crippen LogP contribution is -1.81. The maximum Gasteiger partial charge on any atom is 0.0732 e. The second kappa shape index (κ2) is 2.84. The third kappa shape index (κ3) is 1.55. The summed E-state index contributed by atoms with van der Waals surface area (Å²) in [4.78, 5) is 0. The van der Waals surface area contributed by atoms with Crippen LogP contribution >= 0.6 is 27.3 Å². The van der Waals surface area contributed by atoms with Crippen LogP contribution in [-0.2, 0) is 0 Å². The van der Waals surface area contributed by atoms with Gasteiger partial charge in [0.15, 0.2) is 0 Å². The average Bonchev–Trinajstić information content (AvgIpc) is 2.13. The molecule has 0 atom stereocenters. The zero-order chi connectivity index (χ0) is 6.85. The van der Waals surface area contributed by atoms with Gasteiger partial charge in [0.2, 0.25) is 0 Å². The first-order chi connectivity index (χ1) is 4.22. The molecule has 0 bridgehead atoms. The lowest BCUT2D eigenvalue weighted by Gasteiger charge is -1.99. The Morgan fingerprint density at radius 3 is 2.44 bits per heavy atom. The van der Waals surface area contributed by atoms with Crippen molar-refractivity contribution >= 4 is 27.3 Å². The zero-order valence-electron chi connectivity index (χ0n) is 5.52. The van der Waals surface area contributed by atoms with Gasteiger partial charge in [0.1, 0.15) is 0 Å². The Morgan fingerprint density at radius 1 is 1.56 bits per heavy atom. The molecule has 1 rings (SSSR count). The third-order valence-corrected chi connectivity index (χ3v) is 3.00. The maximum absolute atomic E-state index is 3.49. The van der Waals surface area contributed by atoms with E-state index in [4.69, 9.17) is 0 Å². The second-order valence-electron chi connectivity index (χ2n) is 2.30. The van der Waals surface area contributed by atoms with Crippen LogP contribution in [-0.4, -0.2) is 0 Å². The Morgan fingerprint density at radius 2 is 2.22 bits per heavy atom. The van der Waals surface area contributed by atoms with Crippen LogP contribution < -0.4 is 0 Å². The lowest BCUT2D eigenvalue weighted by molar-refractivity contribution is 0.868. The fraction of sp³-hybridized carbons (Fsp3) is 0.429. The summed E-state index contributed by atoms with van der Waals surface area (Å²) in [5.41, 5.74) is 1.42. The number of hydrogen-bond donors (Lipinski definition) is 0. The Bertz CT molecular complexity index is 191. The predicted octanol–water partition coefficient (Wildman–Crippen LogP) is 3.63. The molecule has 0 amide bonds. The molecule has 0 aliphatic rings. The minimum atomic E-state index is 0.644. The van der Waals surface area contributed by atoms with Crippen molar-refractivity contribution in [3.63, 3.8) is 0 Å². The van der Waals surface area contributed by atoms with Gasteiger partial charge in [0.05, 0.1) is 3.79 Å². The second-order valence-corrected chi connectivity index (χ2v) is 4.54. The molecule has 2 heteroatoms. The van der Waals surface area contributed by atoms with Gasteiger partial charge in [0, 0.05) is 0 Å². The van der Waals surface area contributed by atoms with Gasteiger partial charge in [-0.3, -0.25) is 0 Å². The van der Waals surface area contributed by atoms with Crippen LogP contribution in [0.1, 0.15) is 25.3 Å². The molecule has 0 spiro atoms. The number of halogens is 1. The zero-order valence-corrected chi connectivity index (χ0v) is 7.92. The molecule has 0 aromatic carbocycles. The molecule has 0 N–H and O–H groups in total. The van der Waals surface area contributed by atoms with Gasteiger partial charge in [-0.15, -0.1) is 11.3 Å². The molecule has 0 saturated carbocycles. The highest BCUT2D eigenvalue weighted by atomic mass is 79.9. The van der Waals surface area contributed by atoms with Crippen LogP contribution in [0.15, 0.2) is 15.2 Å². The molecule has 0 nitrogen and oxygen atoms in total. The standard InChI is InChI=1S/C7H9BrS/c1-5(2)6-3-4-9-7(6)8/h3-5H,1-2H3. The Labute approximate surface area is 68.0 Å². The first kappa shape index (κ1) is 7.29. The van der Waals surface area contributed by atoms with E-state index in [0.29, 0.717) is 5.92 Å². The minimum Gasteiger partial charge on any atom is -0.137 e. The van der Waals surface area contributed by atoms with Crippen LogP contribution in [0.25, 0.3) is 0 Å². The molecule has 0 fully saturated rings. The van der Waals surface area contributed by atoms with Crippen molar-refractivity contribution in [2.24, 2.45) is 0 Å². The van der Waals surface area contributed by atoms with Crippen molar-refractivity contribution in [1.82, 2.24) is 0 Å². The lowest BCUT2D eigenvalue weighted by atomic mass is 10.1. The Balaban J connectivity index is 2.94. The minimum absolute atomic E-state index is 0.644. The fourth-order valence-corrected chi connectivity index (χ4v) is 2.41.